The number of hydrogen-bond acceptors (Lipinski definition) is 2. The van der Waals surface area contributed by atoms with Crippen LogP contribution in [0.4, 0.5) is 0 Å². The van der Waals surface area contributed by atoms with Crippen LogP contribution >= 0.6 is 0 Å². The zero-order valence-corrected chi connectivity index (χ0v) is 32.0. The molecule has 0 spiro atoms. The van der Waals surface area contributed by atoms with E-state index >= 15 is 0 Å². The van der Waals surface area contributed by atoms with E-state index in [2.05, 4.69) is 165 Å². The molecule has 2 aromatic heterocycles. The van der Waals surface area contributed by atoms with Crippen molar-refractivity contribution in [3.63, 3.8) is 0 Å². The van der Waals surface area contributed by atoms with E-state index in [1.54, 1.807) is 12.1 Å². The molecule has 0 fully saturated rings. The molecule has 0 atom stereocenters. The number of fused-ring (bicyclic) bond motifs is 6. The number of benzene rings is 8. The van der Waals surface area contributed by atoms with Crippen LogP contribution in [-0.4, -0.2) is 4.98 Å². The molecule has 10 rings (SSSR count). The van der Waals surface area contributed by atoms with Crippen LogP contribution < -0.4 is 29.0 Å². The minimum atomic E-state index is -0.00882. The van der Waals surface area contributed by atoms with Gasteiger partial charge in [0, 0.05) is 28.0 Å². The number of aromatic amines is 1. The Morgan fingerprint density at radius 2 is 1.09 bits per heavy atom. The summed E-state index contributed by atoms with van der Waals surface area (Å²) in [6, 6.07) is 59.8. The first-order valence-electron chi connectivity index (χ1n) is 18.9. The fourth-order valence-corrected chi connectivity index (χ4v) is 8.33. The van der Waals surface area contributed by atoms with Gasteiger partial charge in [0.2, 0.25) is 11.2 Å². The fraction of sp³-hybridized carbons (Fsp3) is 0.0769. The van der Waals surface area contributed by atoms with Gasteiger partial charge in [-0.3, -0.25) is 0 Å². The first-order valence-corrected chi connectivity index (χ1v) is 18.9. The summed E-state index contributed by atoms with van der Waals surface area (Å²) in [5, 5.41) is 22.2. The van der Waals surface area contributed by atoms with Crippen molar-refractivity contribution in [2.24, 2.45) is 0 Å². The molecule has 0 unspecified atom stereocenters. The minimum absolute atomic E-state index is 0. The molecule has 8 aromatic carbocycles. The van der Waals surface area contributed by atoms with Crippen molar-refractivity contribution in [3.8, 4) is 50.5 Å². The zero-order chi connectivity index (χ0) is 37.3. The Morgan fingerprint density at radius 1 is 0.482 bits per heavy atom. The molecule has 56 heavy (non-hydrogen) atoms. The van der Waals surface area contributed by atoms with E-state index in [1.807, 2.05) is 18.2 Å². The number of aromatic nitrogens is 2. The number of nitrogens with zero attached hydrogens (tertiary/aromatic N) is 1. The van der Waals surface area contributed by atoms with Gasteiger partial charge in [0.25, 0.3) is 0 Å². The van der Waals surface area contributed by atoms with Crippen LogP contribution in [0, 0.1) is 0 Å². The molecular weight excluding hydrogens is 676 g/mol. The molecule has 0 bridgehead atoms. The van der Waals surface area contributed by atoms with Crippen LogP contribution in [0.3, 0.4) is 0 Å². The normalized spacial score (nSPS) is 11.8. The van der Waals surface area contributed by atoms with Crippen molar-refractivity contribution in [1.82, 2.24) is 4.98 Å². The van der Waals surface area contributed by atoms with Gasteiger partial charge in [-0.1, -0.05) is 160 Å². The van der Waals surface area contributed by atoms with Gasteiger partial charge in [0.1, 0.15) is 5.52 Å². The molecule has 2 heterocycles. The number of H-pyrrole nitrogens is 1. The number of para-hydroxylation sites is 1. The number of pyridine rings is 2. The molecular formula is C52H38LiN2O+. The SMILES string of the molecule is CC(C)(C)c1ccc2c(-c3ccc(-c4ccc5ccc6ccc(-c7ccccc7[O-])[nH+]c6c5n4)cc3)c3ccccc3c(-c3cccc4ccccc34)c2c1.[Li+]. The summed E-state index contributed by atoms with van der Waals surface area (Å²) < 4.78 is 0. The summed E-state index contributed by atoms with van der Waals surface area (Å²) in [5.74, 6) is -0.00882. The van der Waals surface area contributed by atoms with Gasteiger partial charge in [-0.15, -0.1) is 0 Å². The molecule has 4 heteroatoms. The maximum atomic E-state index is 12.7. The van der Waals surface area contributed by atoms with E-state index in [9.17, 15) is 5.11 Å². The first kappa shape index (κ1) is 35.5. The summed E-state index contributed by atoms with van der Waals surface area (Å²) in [6.07, 6.45) is 0. The summed E-state index contributed by atoms with van der Waals surface area (Å²) in [4.78, 5) is 8.77. The van der Waals surface area contributed by atoms with Crippen LogP contribution in [0.5, 0.6) is 5.75 Å². The predicted molar refractivity (Wildman–Crippen MR) is 228 cm³/mol. The van der Waals surface area contributed by atoms with Gasteiger partial charge in [0.15, 0.2) is 0 Å². The van der Waals surface area contributed by atoms with Crippen molar-refractivity contribution in [3.05, 3.63) is 175 Å². The van der Waals surface area contributed by atoms with Crippen molar-refractivity contribution in [2.45, 2.75) is 26.2 Å². The van der Waals surface area contributed by atoms with Crippen molar-refractivity contribution >= 4 is 54.1 Å². The molecule has 3 nitrogen and oxygen atoms in total. The number of hydrogen-bond donors (Lipinski definition) is 0. The van der Waals surface area contributed by atoms with E-state index in [0.29, 0.717) is 5.56 Å². The van der Waals surface area contributed by atoms with E-state index < -0.39 is 0 Å². The topological polar surface area (TPSA) is 50.1 Å². The summed E-state index contributed by atoms with van der Waals surface area (Å²) >= 11 is 0. The van der Waals surface area contributed by atoms with Crippen LogP contribution in [0.25, 0.3) is 98.9 Å². The summed E-state index contributed by atoms with van der Waals surface area (Å²) in [5.41, 5.74) is 11.4. The Balaban J connectivity index is 0.00000410. The third-order valence-electron chi connectivity index (χ3n) is 11.2. The van der Waals surface area contributed by atoms with Gasteiger partial charge in [-0.05, 0) is 95.9 Å². The van der Waals surface area contributed by atoms with Crippen LogP contribution in [0.15, 0.2) is 170 Å². The molecule has 1 N–H and O–H groups in total. The molecule has 0 amide bonds. The summed E-state index contributed by atoms with van der Waals surface area (Å²) in [6.45, 7) is 6.87. The Labute approximate surface area is 338 Å². The second-order valence-corrected chi connectivity index (χ2v) is 15.6. The smallest absolute Gasteiger partial charge is 0.872 e. The molecule has 0 saturated carbocycles. The minimum Gasteiger partial charge on any atom is -0.872 e. The van der Waals surface area contributed by atoms with Gasteiger partial charge in [-0.25, -0.2) is 9.97 Å². The van der Waals surface area contributed by atoms with Crippen molar-refractivity contribution in [1.29, 1.82) is 0 Å². The molecule has 0 saturated heterocycles. The zero-order valence-electron chi connectivity index (χ0n) is 32.0. The van der Waals surface area contributed by atoms with Crippen LogP contribution in [0.2, 0.25) is 0 Å². The Morgan fingerprint density at radius 3 is 1.88 bits per heavy atom. The third kappa shape index (κ3) is 5.92. The maximum absolute atomic E-state index is 12.7. The molecule has 10 aromatic rings. The fourth-order valence-electron chi connectivity index (χ4n) is 8.33. The van der Waals surface area contributed by atoms with E-state index in [1.165, 1.54) is 60.1 Å². The van der Waals surface area contributed by atoms with E-state index in [0.717, 1.165) is 38.8 Å². The molecule has 262 valence electrons. The Kier molecular flexibility index (Phi) is 8.74. The monoisotopic (exact) mass is 713 g/mol. The quantitative estimate of drug-likeness (QED) is 0.104. The average Bonchev–Trinajstić information content (AvgIpc) is 3.22. The summed E-state index contributed by atoms with van der Waals surface area (Å²) in [7, 11) is 0. The second kappa shape index (κ2) is 13.8. The van der Waals surface area contributed by atoms with Gasteiger partial charge >= 0.3 is 18.9 Å². The molecule has 0 aliphatic rings. The molecule has 0 radical (unpaired) electrons. The molecule has 0 aliphatic heterocycles. The van der Waals surface area contributed by atoms with E-state index in [4.69, 9.17) is 4.98 Å². The van der Waals surface area contributed by atoms with Gasteiger partial charge < -0.3 is 5.11 Å². The maximum Gasteiger partial charge on any atom is 1.00 e. The third-order valence-corrected chi connectivity index (χ3v) is 11.2. The van der Waals surface area contributed by atoms with Crippen LogP contribution in [-0.2, 0) is 5.41 Å². The number of nitrogens with one attached hydrogen (secondary N) is 1. The Bertz CT molecular complexity index is 3140. The van der Waals surface area contributed by atoms with Crippen LogP contribution in [0.1, 0.15) is 26.3 Å². The Hall–Kier alpha value is -6.24. The predicted octanol–water partition coefficient (Wildman–Crippen LogP) is 9.70. The van der Waals surface area contributed by atoms with Gasteiger partial charge in [-0.2, -0.15) is 0 Å². The first-order chi connectivity index (χ1) is 26.8. The van der Waals surface area contributed by atoms with Crippen molar-refractivity contribution < 1.29 is 29.0 Å². The largest absolute Gasteiger partial charge is 1.00 e. The van der Waals surface area contributed by atoms with Crippen molar-refractivity contribution in [2.75, 3.05) is 0 Å². The second-order valence-electron chi connectivity index (χ2n) is 15.6. The standard InChI is InChI=1S/C52H38N2O.Li/c1-52(2,3)37-27-28-42-44(31-37)49(39-17-10-12-32-11-4-5-13-38(32)39)41-15-7-6-14-40(41)48(42)34-21-19-33(20-22-34)45-29-25-35-23-24-36-26-30-46(54-51(36)50(35)53-45)43-16-8-9-18-47(43)55;/h4-31,55H,1-3H3;/q;+1. The number of rotatable bonds is 4. The van der Waals surface area contributed by atoms with E-state index in [-0.39, 0.29) is 30.0 Å². The average molecular weight is 714 g/mol. The molecule has 0 aliphatic carbocycles. The van der Waals surface area contributed by atoms with Gasteiger partial charge in [0.05, 0.1) is 5.69 Å².